The maximum absolute atomic E-state index is 14.2. The van der Waals surface area contributed by atoms with Gasteiger partial charge in [0.1, 0.15) is 17.4 Å². The number of aryl methyl sites for hydroxylation is 1. The lowest BCUT2D eigenvalue weighted by Crippen LogP contribution is -2.39. The first kappa shape index (κ1) is 24.9. The summed E-state index contributed by atoms with van der Waals surface area (Å²) in [5.74, 6) is -0.296. The Morgan fingerprint density at radius 1 is 1.19 bits per heavy atom. The SMILES string of the molecule is CN1CCNC(=O)COc2ccc(F)cc2C(=O)N2CCCCC2c2cc3nc(CCCO)cc1n3n2. The molecule has 2 aromatic heterocycles. The summed E-state index contributed by atoms with van der Waals surface area (Å²) in [4.78, 5) is 34.7. The second kappa shape index (κ2) is 10.7. The van der Waals surface area contributed by atoms with Crippen molar-refractivity contribution in [2.24, 2.45) is 0 Å². The van der Waals surface area contributed by atoms with Crippen molar-refractivity contribution in [1.29, 1.82) is 0 Å². The van der Waals surface area contributed by atoms with Crippen LogP contribution < -0.4 is 15.0 Å². The van der Waals surface area contributed by atoms with E-state index >= 15 is 0 Å². The Morgan fingerprint density at radius 2 is 2.05 bits per heavy atom. The molecule has 2 amide bonds. The average Bonchev–Trinajstić information content (AvgIpc) is 3.33. The number of fused-ring (bicyclic) bond motifs is 4. The summed E-state index contributed by atoms with van der Waals surface area (Å²) in [6.07, 6.45) is 3.66. The van der Waals surface area contributed by atoms with E-state index < -0.39 is 5.82 Å². The molecule has 196 valence electrons. The topological polar surface area (TPSA) is 112 Å². The van der Waals surface area contributed by atoms with Crippen LogP contribution in [0, 0.1) is 5.82 Å². The minimum atomic E-state index is -0.553. The Balaban J connectivity index is 1.62. The fourth-order valence-corrected chi connectivity index (χ4v) is 4.95. The molecule has 37 heavy (non-hydrogen) atoms. The predicted molar refractivity (Wildman–Crippen MR) is 134 cm³/mol. The Kier molecular flexibility index (Phi) is 7.22. The van der Waals surface area contributed by atoms with Crippen LogP contribution in [0.4, 0.5) is 10.2 Å². The molecule has 1 fully saturated rings. The molecular formula is C26H31FN6O4. The number of hydrogen-bond acceptors (Lipinski definition) is 7. The highest BCUT2D eigenvalue weighted by atomic mass is 19.1. The highest BCUT2D eigenvalue weighted by Crippen LogP contribution is 2.34. The highest BCUT2D eigenvalue weighted by Gasteiger charge is 2.33. The number of ether oxygens (including phenoxy) is 1. The number of aromatic nitrogens is 3. The van der Waals surface area contributed by atoms with Crippen LogP contribution in [0.3, 0.4) is 0 Å². The molecule has 1 aromatic carbocycles. The van der Waals surface area contributed by atoms with Gasteiger partial charge in [0.2, 0.25) is 0 Å². The quantitative estimate of drug-likeness (QED) is 0.555. The standard InChI is InChI=1S/C26H31FN6O4/c1-31-11-9-28-24(35)16-37-22-8-7-17(27)13-19(22)26(36)32-10-3-2-6-21(32)20-15-23-29-18(5-4-12-34)14-25(31)33(23)30-20/h7-8,13-15,21,34H,2-6,9-12,16H2,1H3,(H,28,35). The normalized spacial score (nSPS) is 18.9. The molecule has 3 aromatic rings. The van der Waals surface area contributed by atoms with Crippen molar-refractivity contribution < 1.29 is 23.8 Å². The summed E-state index contributed by atoms with van der Waals surface area (Å²) < 4.78 is 21.7. The number of hydrogen-bond donors (Lipinski definition) is 2. The van der Waals surface area contributed by atoms with Gasteiger partial charge in [0.15, 0.2) is 12.3 Å². The number of amides is 2. The lowest BCUT2D eigenvalue weighted by molar-refractivity contribution is -0.123. The smallest absolute Gasteiger partial charge is 0.258 e. The summed E-state index contributed by atoms with van der Waals surface area (Å²) in [7, 11) is 1.92. The number of anilines is 1. The van der Waals surface area contributed by atoms with E-state index in [-0.39, 0.29) is 42.4 Å². The van der Waals surface area contributed by atoms with Gasteiger partial charge in [-0.3, -0.25) is 9.59 Å². The zero-order valence-electron chi connectivity index (χ0n) is 20.8. The molecule has 1 saturated heterocycles. The molecule has 4 heterocycles. The molecule has 2 aliphatic rings. The molecule has 2 bridgehead atoms. The number of nitrogens with zero attached hydrogens (tertiary/aromatic N) is 5. The fraction of sp³-hybridized carbons (Fsp3) is 0.462. The van der Waals surface area contributed by atoms with E-state index in [1.165, 1.54) is 12.1 Å². The number of rotatable bonds is 3. The summed E-state index contributed by atoms with van der Waals surface area (Å²) in [6, 6.07) is 7.30. The molecule has 0 spiro atoms. The molecule has 2 N–H and O–H groups in total. The van der Waals surface area contributed by atoms with Gasteiger partial charge in [0.25, 0.3) is 11.8 Å². The van der Waals surface area contributed by atoms with Crippen LogP contribution >= 0.6 is 0 Å². The minimum absolute atomic E-state index is 0.0673. The van der Waals surface area contributed by atoms with Crippen molar-refractivity contribution >= 4 is 23.3 Å². The third kappa shape index (κ3) is 5.22. The summed E-state index contributed by atoms with van der Waals surface area (Å²) in [6.45, 7) is 1.14. The average molecular weight is 511 g/mol. The molecule has 0 saturated carbocycles. The summed E-state index contributed by atoms with van der Waals surface area (Å²) in [5, 5.41) is 17.0. The number of likely N-dealkylation sites (N-methyl/N-ethyl adjacent to an activating group) is 1. The monoisotopic (exact) mass is 510 g/mol. The zero-order valence-corrected chi connectivity index (χ0v) is 20.8. The fourth-order valence-electron chi connectivity index (χ4n) is 4.95. The van der Waals surface area contributed by atoms with Crippen LogP contribution in [-0.2, 0) is 11.2 Å². The van der Waals surface area contributed by atoms with Gasteiger partial charge in [-0.1, -0.05) is 0 Å². The molecule has 11 heteroatoms. The Labute approximate surface area is 214 Å². The van der Waals surface area contributed by atoms with E-state index in [4.69, 9.17) is 14.8 Å². The van der Waals surface area contributed by atoms with Gasteiger partial charge in [-0.05, 0) is 50.3 Å². The lowest BCUT2D eigenvalue weighted by atomic mass is 9.98. The third-order valence-corrected chi connectivity index (χ3v) is 6.87. The van der Waals surface area contributed by atoms with Crippen molar-refractivity contribution in [3.63, 3.8) is 0 Å². The van der Waals surface area contributed by atoms with Crippen LogP contribution in [0.15, 0.2) is 30.3 Å². The van der Waals surface area contributed by atoms with E-state index in [2.05, 4.69) is 5.32 Å². The van der Waals surface area contributed by atoms with Gasteiger partial charge in [0, 0.05) is 51.1 Å². The number of benzene rings is 1. The van der Waals surface area contributed by atoms with Gasteiger partial charge in [-0.15, -0.1) is 0 Å². The molecule has 5 rings (SSSR count). The van der Waals surface area contributed by atoms with Crippen molar-refractivity contribution in [2.75, 3.05) is 44.8 Å². The van der Waals surface area contributed by atoms with E-state index in [0.29, 0.717) is 50.2 Å². The Hall–Kier alpha value is -3.73. The Bertz CT molecular complexity index is 1310. The lowest BCUT2D eigenvalue weighted by Gasteiger charge is -2.35. The van der Waals surface area contributed by atoms with Crippen LogP contribution in [0.5, 0.6) is 5.75 Å². The largest absolute Gasteiger partial charge is 0.483 e. The summed E-state index contributed by atoms with van der Waals surface area (Å²) >= 11 is 0. The maximum Gasteiger partial charge on any atom is 0.258 e. The first-order valence-electron chi connectivity index (χ1n) is 12.7. The second-order valence-electron chi connectivity index (χ2n) is 9.48. The second-order valence-corrected chi connectivity index (χ2v) is 9.48. The van der Waals surface area contributed by atoms with Gasteiger partial charge >= 0.3 is 0 Å². The number of aliphatic hydroxyl groups excluding tert-OH is 1. The minimum Gasteiger partial charge on any atom is -0.483 e. The number of piperidine rings is 1. The van der Waals surface area contributed by atoms with Crippen molar-refractivity contribution in [1.82, 2.24) is 24.8 Å². The van der Waals surface area contributed by atoms with Crippen molar-refractivity contribution in [3.05, 3.63) is 53.1 Å². The van der Waals surface area contributed by atoms with Gasteiger partial charge < -0.3 is 25.0 Å². The van der Waals surface area contributed by atoms with E-state index in [1.807, 2.05) is 24.1 Å². The van der Waals surface area contributed by atoms with Crippen molar-refractivity contribution in [2.45, 2.75) is 38.1 Å². The molecule has 1 atom stereocenters. The van der Waals surface area contributed by atoms with Gasteiger partial charge in [0.05, 0.1) is 17.3 Å². The summed E-state index contributed by atoms with van der Waals surface area (Å²) in [5.41, 5.74) is 2.27. The van der Waals surface area contributed by atoms with E-state index in [9.17, 15) is 19.1 Å². The van der Waals surface area contributed by atoms with Gasteiger partial charge in [-0.25, -0.2) is 9.37 Å². The maximum atomic E-state index is 14.2. The zero-order chi connectivity index (χ0) is 25.9. The molecule has 10 nitrogen and oxygen atoms in total. The number of halogens is 1. The predicted octanol–water partition coefficient (Wildman–Crippen LogP) is 2.11. The molecular weight excluding hydrogens is 479 g/mol. The first-order valence-corrected chi connectivity index (χ1v) is 12.7. The van der Waals surface area contributed by atoms with Gasteiger partial charge in [-0.2, -0.15) is 9.61 Å². The first-order chi connectivity index (χ1) is 17.9. The Morgan fingerprint density at radius 3 is 2.89 bits per heavy atom. The van der Waals surface area contributed by atoms with Crippen LogP contribution in [0.1, 0.15) is 53.5 Å². The van der Waals surface area contributed by atoms with E-state index in [1.54, 1.807) is 9.42 Å². The van der Waals surface area contributed by atoms with Crippen molar-refractivity contribution in [3.8, 4) is 5.75 Å². The number of carbonyl (C=O) groups excluding carboxylic acids is 2. The molecule has 1 unspecified atom stereocenters. The number of carbonyl (C=O) groups is 2. The number of nitrogens with one attached hydrogen (secondary N) is 1. The third-order valence-electron chi connectivity index (χ3n) is 6.87. The van der Waals surface area contributed by atoms with Crippen LogP contribution in [-0.4, -0.2) is 76.3 Å². The highest BCUT2D eigenvalue weighted by molar-refractivity contribution is 5.97. The molecule has 0 radical (unpaired) electrons. The molecule has 0 aliphatic carbocycles. The molecule has 2 aliphatic heterocycles. The van der Waals surface area contributed by atoms with Crippen LogP contribution in [0.25, 0.3) is 5.65 Å². The van der Waals surface area contributed by atoms with Crippen LogP contribution in [0.2, 0.25) is 0 Å². The number of aliphatic hydroxyl groups is 1. The van der Waals surface area contributed by atoms with E-state index in [0.717, 1.165) is 30.4 Å².